The average Bonchev–Trinajstić information content (AvgIpc) is 2.59. The van der Waals surface area contributed by atoms with Gasteiger partial charge in [-0.05, 0) is 31.5 Å². The van der Waals surface area contributed by atoms with E-state index in [0.717, 1.165) is 5.56 Å². The number of hydrogen-bond acceptors (Lipinski definition) is 4. The summed E-state index contributed by atoms with van der Waals surface area (Å²) in [5.74, 6) is -0.429. The fourth-order valence-electron chi connectivity index (χ4n) is 2.67. The Bertz CT molecular complexity index is 735. The van der Waals surface area contributed by atoms with E-state index in [9.17, 15) is 4.79 Å². The molecule has 1 aliphatic heterocycles. The van der Waals surface area contributed by atoms with Gasteiger partial charge in [0.1, 0.15) is 6.10 Å². The molecule has 0 saturated carbocycles. The maximum atomic E-state index is 12.3. The molecule has 5 nitrogen and oxygen atoms in total. The summed E-state index contributed by atoms with van der Waals surface area (Å²) in [6.45, 7) is 4.01. The van der Waals surface area contributed by atoms with Gasteiger partial charge >= 0.3 is 6.09 Å². The molecule has 2 aromatic rings. The minimum atomic E-state index is -0.731. The third-order valence-electron chi connectivity index (χ3n) is 3.86. The fraction of sp³-hybridized carbons (Fsp3) is 0.316. The van der Waals surface area contributed by atoms with Crippen LogP contribution >= 0.6 is 11.6 Å². The summed E-state index contributed by atoms with van der Waals surface area (Å²) in [6.07, 6.45) is -0.949. The number of halogens is 1. The van der Waals surface area contributed by atoms with Crippen molar-refractivity contribution in [3.05, 3.63) is 65.2 Å². The highest BCUT2D eigenvalue weighted by Gasteiger charge is 2.38. The largest absolute Gasteiger partial charge is 0.413 e. The molecule has 3 rings (SSSR count). The average molecular weight is 362 g/mol. The van der Waals surface area contributed by atoms with Crippen LogP contribution in [-0.4, -0.2) is 24.5 Å². The Kier molecular flexibility index (Phi) is 5.27. The minimum absolute atomic E-state index is 0.302. The highest BCUT2D eigenvalue weighted by atomic mass is 35.5. The second-order valence-corrected chi connectivity index (χ2v) is 6.64. The Morgan fingerprint density at radius 2 is 1.84 bits per heavy atom. The summed E-state index contributed by atoms with van der Waals surface area (Å²) in [4.78, 5) is 12.3. The zero-order valence-electron chi connectivity index (χ0n) is 14.1. The summed E-state index contributed by atoms with van der Waals surface area (Å²) in [5, 5.41) is 3.18. The standard InChI is InChI=1S/C19H20ClNO4/c1-19(2)23-12-15(17(25-19)13-8-4-3-5-9-13)21-18(22)24-16-11-7-6-10-14(16)20/h3-11,15,17H,12H2,1-2H3,(H,21,22). The number of carbonyl (C=O) groups excluding carboxylic acids is 1. The summed E-state index contributed by atoms with van der Waals surface area (Å²) in [6, 6.07) is 16.1. The maximum absolute atomic E-state index is 12.3. The first-order valence-electron chi connectivity index (χ1n) is 8.04. The molecule has 25 heavy (non-hydrogen) atoms. The van der Waals surface area contributed by atoms with Crippen molar-refractivity contribution < 1.29 is 19.0 Å². The fourth-order valence-corrected chi connectivity index (χ4v) is 2.84. The normalized spacial score (nSPS) is 22.2. The predicted octanol–water partition coefficient (Wildman–Crippen LogP) is 4.32. The Morgan fingerprint density at radius 1 is 1.16 bits per heavy atom. The summed E-state index contributed by atoms with van der Waals surface area (Å²) >= 11 is 6.02. The number of para-hydroxylation sites is 1. The minimum Gasteiger partial charge on any atom is -0.409 e. The third-order valence-corrected chi connectivity index (χ3v) is 4.17. The number of hydrogen-bond donors (Lipinski definition) is 1. The van der Waals surface area contributed by atoms with Gasteiger partial charge in [-0.3, -0.25) is 0 Å². The molecular formula is C19H20ClNO4. The summed E-state index contributed by atoms with van der Waals surface area (Å²) < 4.78 is 17.0. The molecule has 1 saturated heterocycles. The van der Waals surface area contributed by atoms with Crippen LogP contribution in [0, 0.1) is 0 Å². The van der Waals surface area contributed by atoms with Gasteiger partial charge in [0.2, 0.25) is 0 Å². The van der Waals surface area contributed by atoms with Gasteiger partial charge in [0, 0.05) is 0 Å². The summed E-state index contributed by atoms with van der Waals surface area (Å²) in [5.41, 5.74) is 0.960. The van der Waals surface area contributed by atoms with E-state index in [4.69, 9.17) is 25.8 Å². The molecule has 1 aliphatic rings. The molecule has 6 heteroatoms. The van der Waals surface area contributed by atoms with Crippen molar-refractivity contribution in [3.8, 4) is 5.75 Å². The van der Waals surface area contributed by atoms with Crippen LogP contribution in [0.15, 0.2) is 54.6 Å². The van der Waals surface area contributed by atoms with Gasteiger partial charge in [-0.1, -0.05) is 54.1 Å². The lowest BCUT2D eigenvalue weighted by Crippen LogP contribution is -2.52. The molecule has 132 valence electrons. The van der Waals surface area contributed by atoms with Gasteiger partial charge in [0.05, 0.1) is 17.7 Å². The first kappa shape index (κ1) is 17.7. The summed E-state index contributed by atoms with van der Waals surface area (Å²) in [7, 11) is 0. The van der Waals surface area contributed by atoms with E-state index in [1.807, 2.05) is 44.2 Å². The SMILES string of the molecule is CC1(C)OCC(NC(=O)Oc2ccccc2Cl)C(c2ccccc2)O1. The van der Waals surface area contributed by atoms with Crippen molar-refractivity contribution in [3.63, 3.8) is 0 Å². The zero-order valence-corrected chi connectivity index (χ0v) is 14.8. The lowest BCUT2D eigenvalue weighted by Gasteiger charge is -2.41. The molecule has 0 aliphatic carbocycles. The molecule has 1 amide bonds. The molecular weight excluding hydrogens is 342 g/mol. The van der Waals surface area contributed by atoms with Crippen LogP contribution in [0.1, 0.15) is 25.5 Å². The molecule has 0 spiro atoms. The van der Waals surface area contributed by atoms with Crippen molar-refractivity contribution in [1.82, 2.24) is 5.32 Å². The van der Waals surface area contributed by atoms with E-state index in [-0.39, 0.29) is 12.1 Å². The Morgan fingerprint density at radius 3 is 2.56 bits per heavy atom. The first-order chi connectivity index (χ1) is 11.9. The second-order valence-electron chi connectivity index (χ2n) is 6.23. The zero-order chi connectivity index (χ0) is 17.9. The van der Waals surface area contributed by atoms with Crippen LogP contribution in [0.3, 0.4) is 0 Å². The second kappa shape index (κ2) is 7.44. The van der Waals surface area contributed by atoms with Gasteiger partial charge < -0.3 is 19.5 Å². The molecule has 1 fully saturated rings. The van der Waals surface area contributed by atoms with Gasteiger partial charge in [-0.25, -0.2) is 4.79 Å². The van der Waals surface area contributed by atoms with Crippen molar-refractivity contribution >= 4 is 17.7 Å². The highest BCUT2D eigenvalue weighted by molar-refractivity contribution is 6.32. The van der Waals surface area contributed by atoms with Gasteiger partial charge in [-0.15, -0.1) is 0 Å². The van der Waals surface area contributed by atoms with Crippen LogP contribution < -0.4 is 10.1 Å². The van der Waals surface area contributed by atoms with Crippen LogP contribution in [-0.2, 0) is 9.47 Å². The molecule has 0 aromatic heterocycles. The van der Waals surface area contributed by atoms with Crippen molar-refractivity contribution in [1.29, 1.82) is 0 Å². The Hall–Kier alpha value is -2.08. The number of rotatable bonds is 3. The van der Waals surface area contributed by atoms with Gasteiger partial charge in [-0.2, -0.15) is 0 Å². The predicted molar refractivity (Wildman–Crippen MR) is 94.7 cm³/mol. The molecule has 2 aromatic carbocycles. The maximum Gasteiger partial charge on any atom is 0.413 e. The van der Waals surface area contributed by atoms with E-state index in [2.05, 4.69) is 5.32 Å². The van der Waals surface area contributed by atoms with E-state index in [0.29, 0.717) is 17.4 Å². The molecule has 0 radical (unpaired) electrons. The number of carbonyl (C=O) groups is 1. The van der Waals surface area contributed by atoms with Crippen LogP contribution in [0.4, 0.5) is 4.79 Å². The Balaban J connectivity index is 1.73. The topological polar surface area (TPSA) is 56.8 Å². The van der Waals surface area contributed by atoms with E-state index >= 15 is 0 Å². The smallest absolute Gasteiger partial charge is 0.409 e. The molecule has 1 N–H and O–H groups in total. The molecule has 2 atom stereocenters. The van der Waals surface area contributed by atoms with Gasteiger partial charge in [0.25, 0.3) is 0 Å². The molecule has 2 unspecified atom stereocenters. The van der Waals surface area contributed by atoms with Crippen LogP contribution in [0.25, 0.3) is 0 Å². The number of amides is 1. The molecule has 0 bridgehead atoms. The number of ether oxygens (including phenoxy) is 3. The third kappa shape index (κ3) is 4.51. The highest BCUT2D eigenvalue weighted by Crippen LogP contribution is 2.33. The van der Waals surface area contributed by atoms with Crippen molar-refractivity contribution in [2.24, 2.45) is 0 Å². The van der Waals surface area contributed by atoms with Gasteiger partial charge in [0.15, 0.2) is 11.5 Å². The number of nitrogens with one attached hydrogen (secondary N) is 1. The first-order valence-corrected chi connectivity index (χ1v) is 8.42. The van der Waals surface area contributed by atoms with Crippen molar-refractivity contribution in [2.45, 2.75) is 31.8 Å². The lowest BCUT2D eigenvalue weighted by atomic mass is 10.0. The Labute approximate surface area is 151 Å². The monoisotopic (exact) mass is 361 g/mol. The van der Waals surface area contributed by atoms with E-state index < -0.39 is 11.9 Å². The van der Waals surface area contributed by atoms with E-state index in [1.54, 1.807) is 24.3 Å². The van der Waals surface area contributed by atoms with Crippen molar-refractivity contribution in [2.75, 3.05) is 6.61 Å². The van der Waals surface area contributed by atoms with Crippen LogP contribution in [0.5, 0.6) is 5.75 Å². The van der Waals surface area contributed by atoms with Crippen LogP contribution in [0.2, 0.25) is 5.02 Å². The lowest BCUT2D eigenvalue weighted by molar-refractivity contribution is -0.284. The quantitative estimate of drug-likeness (QED) is 0.884. The van der Waals surface area contributed by atoms with E-state index in [1.165, 1.54) is 0 Å². The number of benzene rings is 2. The molecule has 1 heterocycles.